The number of hydrazone groups is 1. The van der Waals surface area contributed by atoms with E-state index in [1.54, 1.807) is 0 Å². The molecule has 4 heterocycles. The first-order valence-electron chi connectivity index (χ1n) is 14.2. The second-order valence-corrected chi connectivity index (χ2v) is 11.0. The molecule has 0 amide bonds. The van der Waals surface area contributed by atoms with E-state index >= 15 is 0 Å². The van der Waals surface area contributed by atoms with Crippen molar-refractivity contribution in [2.24, 2.45) is 11.0 Å². The minimum atomic E-state index is 0. The van der Waals surface area contributed by atoms with Crippen LogP contribution in [-0.2, 0) is 21.1 Å². The predicted octanol–water partition coefficient (Wildman–Crippen LogP) is 5.43. The van der Waals surface area contributed by atoms with Gasteiger partial charge in [0.05, 0.1) is 22.9 Å². The maximum Gasteiger partial charge on any atom is 0.0996 e. The second-order valence-electron chi connectivity index (χ2n) is 11.0. The fourth-order valence-corrected chi connectivity index (χ4v) is 6.97. The Morgan fingerprint density at radius 1 is 0.762 bits per heavy atom. The summed E-state index contributed by atoms with van der Waals surface area (Å²) in [5.41, 5.74) is 6.71. The predicted molar refractivity (Wildman–Crippen MR) is 166 cm³/mol. The Labute approximate surface area is 258 Å². The first kappa shape index (κ1) is 25.3. The number of pyridine rings is 1. The molecular formula is C36H26N5Pt-. The van der Waals surface area contributed by atoms with E-state index in [1.165, 1.54) is 32.7 Å². The third-order valence-corrected chi connectivity index (χ3v) is 8.78. The van der Waals surface area contributed by atoms with E-state index in [0.717, 1.165) is 16.9 Å². The molecule has 0 spiro atoms. The molecule has 3 aromatic carbocycles. The fraction of sp³-hybridized carbons (Fsp3) is 0.111. The van der Waals surface area contributed by atoms with Crippen LogP contribution in [0.2, 0.25) is 0 Å². The van der Waals surface area contributed by atoms with Crippen molar-refractivity contribution in [2.45, 2.75) is 18.0 Å². The monoisotopic (exact) mass is 723 g/mol. The molecule has 2 aliphatic carbocycles. The van der Waals surface area contributed by atoms with Crippen molar-refractivity contribution in [3.05, 3.63) is 138 Å². The molecule has 0 radical (unpaired) electrons. The average Bonchev–Trinajstić information content (AvgIpc) is 3.70. The standard InChI is InChI=1S/C36H26N5.Pt/c1-4-16-32-25(10-1)23-38-41(32)40-34-18-6-3-14-28(34)30-21-29-27-13-2-5-17-33(27)39(35(29)22-36(30)40)26-12-9-11-24(20-26)31-15-7-8-19-37-31;/h1-19,21-23,25,29,32,35H;/q-1;. The van der Waals surface area contributed by atoms with Crippen LogP contribution >= 0.6 is 0 Å². The van der Waals surface area contributed by atoms with Gasteiger partial charge in [-0.25, -0.2) is 4.68 Å². The number of para-hydroxylation sites is 2. The maximum absolute atomic E-state index is 4.94. The Hall–Kier alpha value is -4.47. The van der Waals surface area contributed by atoms with E-state index in [4.69, 9.17) is 5.10 Å². The van der Waals surface area contributed by atoms with E-state index in [0.29, 0.717) is 0 Å². The summed E-state index contributed by atoms with van der Waals surface area (Å²) in [5.74, 6) is 0.491. The topological polar surface area (TPSA) is 36.7 Å². The molecule has 2 aromatic heterocycles. The van der Waals surface area contributed by atoms with Gasteiger partial charge in [0.25, 0.3) is 0 Å². The number of aromatic nitrogens is 2. The number of fused-ring (bicyclic) bond motifs is 7. The molecular weight excluding hydrogens is 698 g/mol. The zero-order valence-electron chi connectivity index (χ0n) is 22.6. The van der Waals surface area contributed by atoms with Crippen LogP contribution in [0, 0.1) is 12.0 Å². The van der Waals surface area contributed by atoms with Gasteiger partial charge in [0.2, 0.25) is 0 Å². The number of rotatable bonds is 3. The van der Waals surface area contributed by atoms with Crippen LogP contribution in [-0.4, -0.2) is 28.0 Å². The van der Waals surface area contributed by atoms with Gasteiger partial charge in [0.1, 0.15) is 0 Å². The van der Waals surface area contributed by atoms with Gasteiger partial charge < -0.3 is 9.88 Å². The molecule has 42 heavy (non-hydrogen) atoms. The molecule has 9 rings (SSSR count). The van der Waals surface area contributed by atoms with Gasteiger partial charge in [-0.1, -0.05) is 78.9 Å². The quantitative estimate of drug-likeness (QED) is 0.234. The van der Waals surface area contributed by atoms with Gasteiger partial charge in [0, 0.05) is 61.6 Å². The van der Waals surface area contributed by atoms with Crippen LogP contribution in [0.15, 0.2) is 121 Å². The molecule has 2 aliphatic heterocycles. The second kappa shape index (κ2) is 9.82. The number of allylic oxidation sites excluding steroid dienone is 2. The number of benzene rings is 3. The molecule has 5 aromatic rings. The van der Waals surface area contributed by atoms with Crippen molar-refractivity contribution < 1.29 is 21.1 Å². The molecule has 0 fully saturated rings. The molecule has 0 saturated carbocycles. The number of nitrogens with zero attached hydrogens (tertiary/aromatic N) is 5. The zero-order valence-corrected chi connectivity index (χ0v) is 24.8. The number of hydrogen-bond donors (Lipinski definition) is 0. The third kappa shape index (κ3) is 3.66. The Kier molecular flexibility index (Phi) is 5.90. The smallest absolute Gasteiger partial charge is 0.0996 e. The molecule has 5 nitrogen and oxygen atoms in total. The summed E-state index contributed by atoms with van der Waals surface area (Å²) in [6.07, 6.45) is 17.6. The molecule has 0 bridgehead atoms. The summed E-state index contributed by atoms with van der Waals surface area (Å²) in [5, 5.41) is 10.8. The van der Waals surface area contributed by atoms with E-state index in [2.05, 4.69) is 135 Å². The number of anilines is 2. The fourth-order valence-electron chi connectivity index (χ4n) is 6.97. The largest absolute Gasteiger partial charge is 0.351 e. The van der Waals surface area contributed by atoms with Crippen molar-refractivity contribution in [3.63, 3.8) is 0 Å². The minimum absolute atomic E-state index is 0. The van der Waals surface area contributed by atoms with Gasteiger partial charge in [0.15, 0.2) is 0 Å². The normalized spacial score (nSPS) is 22.6. The van der Waals surface area contributed by atoms with E-state index in [9.17, 15) is 0 Å². The van der Waals surface area contributed by atoms with E-state index in [-0.39, 0.29) is 45.0 Å². The van der Waals surface area contributed by atoms with Gasteiger partial charge in [-0.05, 0) is 41.2 Å². The van der Waals surface area contributed by atoms with Crippen molar-refractivity contribution in [1.82, 2.24) is 9.66 Å². The van der Waals surface area contributed by atoms with Crippen molar-refractivity contribution >= 4 is 40.6 Å². The Morgan fingerprint density at radius 2 is 1.62 bits per heavy atom. The van der Waals surface area contributed by atoms with Crippen LogP contribution in [0.1, 0.15) is 11.5 Å². The van der Waals surface area contributed by atoms with E-state index in [1.807, 2.05) is 24.4 Å². The Bertz CT molecular complexity index is 2060. The molecule has 206 valence electrons. The van der Waals surface area contributed by atoms with Crippen molar-refractivity contribution in [3.8, 4) is 11.3 Å². The van der Waals surface area contributed by atoms with Crippen LogP contribution < -0.4 is 20.6 Å². The van der Waals surface area contributed by atoms with Gasteiger partial charge in [-0.15, -0.1) is 29.8 Å². The average molecular weight is 724 g/mol. The zero-order chi connectivity index (χ0) is 26.9. The Morgan fingerprint density at radius 3 is 2.55 bits per heavy atom. The van der Waals surface area contributed by atoms with Crippen LogP contribution in [0.4, 0.5) is 11.4 Å². The number of hydrogen-bond acceptors (Lipinski definition) is 4. The van der Waals surface area contributed by atoms with Crippen LogP contribution in [0.3, 0.4) is 0 Å². The summed E-state index contributed by atoms with van der Waals surface area (Å²) in [7, 11) is 0. The van der Waals surface area contributed by atoms with Crippen molar-refractivity contribution in [1.29, 1.82) is 0 Å². The molecule has 6 heteroatoms. The summed E-state index contributed by atoms with van der Waals surface area (Å²) < 4.78 is 2.33. The summed E-state index contributed by atoms with van der Waals surface area (Å²) >= 11 is 0. The minimum Gasteiger partial charge on any atom is -0.351 e. The molecule has 0 saturated heterocycles. The molecule has 0 N–H and O–H groups in total. The van der Waals surface area contributed by atoms with Gasteiger partial charge in [-0.3, -0.25) is 0 Å². The van der Waals surface area contributed by atoms with Crippen molar-refractivity contribution in [2.75, 3.05) is 10.0 Å². The van der Waals surface area contributed by atoms with E-state index < -0.39 is 0 Å². The summed E-state index contributed by atoms with van der Waals surface area (Å²) in [6.45, 7) is 0. The summed E-state index contributed by atoms with van der Waals surface area (Å²) in [4.78, 5) is 7.04. The molecule has 4 unspecified atom stereocenters. The SMILES string of the molecule is [Pt].[c-]1c(-c2ccccn2)cccc1N1c2ccccc2C2C=c3c(n(N4N=CC5C=CC=CC54)c4ccccc34)=CC21. The molecule has 4 aliphatic rings. The van der Waals surface area contributed by atoms with Crippen LogP contribution in [0.25, 0.3) is 34.3 Å². The van der Waals surface area contributed by atoms with Crippen LogP contribution in [0.5, 0.6) is 0 Å². The maximum atomic E-state index is 4.94. The first-order chi connectivity index (χ1) is 20.3. The molecule has 4 atom stereocenters. The first-order valence-corrected chi connectivity index (χ1v) is 14.2. The van der Waals surface area contributed by atoms with Gasteiger partial charge >= 0.3 is 0 Å². The van der Waals surface area contributed by atoms with Gasteiger partial charge in [-0.2, -0.15) is 10.2 Å². The Balaban J connectivity index is 0.00000267. The summed E-state index contributed by atoms with van der Waals surface area (Å²) in [6, 6.07) is 33.9. The third-order valence-electron chi connectivity index (χ3n) is 8.78.